The van der Waals surface area contributed by atoms with Gasteiger partial charge in [-0.25, -0.2) is 0 Å². The molecule has 0 fully saturated rings. The van der Waals surface area contributed by atoms with E-state index < -0.39 is 5.92 Å². The quantitative estimate of drug-likeness (QED) is 0.913. The number of fused-ring (bicyclic) bond motifs is 1. The van der Waals surface area contributed by atoms with Gasteiger partial charge in [0.15, 0.2) is 0 Å². The molecule has 1 unspecified atom stereocenters. The van der Waals surface area contributed by atoms with Crippen molar-refractivity contribution in [1.29, 1.82) is 0 Å². The normalized spacial score (nSPS) is 16.9. The summed E-state index contributed by atoms with van der Waals surface area (Å²) in [5.74, 6) is -0.881. The lowest BCUT2D eigenvalue weighted by Gasteiger charge is -2.30. The Morgan fingerprint density at radius 1 is 1.13 bits per heavy atom. The number of carbonyl (C=O) groups is 2. The summed E-state index contributed by atoms with van der Waals surface area (Å²) in [5, 5.41) is 2.79. The maximum Gasteiger partial charge on any atom is 0.250 e. The topological polar surface area (TPSA) is 71.4 Å². The van der Waals surface area contributed by atoms with Gasteiger partial charge in [0, 0.05) is 38.5 Å². The Morgan fingerprint density at radius 3 is 2.61 bits per heavy atom. The van der Waals surface area contributed by atoms with E-state index in [0.717, 1.165) is 11.3 Å². The molecule has 0 saturated heterocycles. The number of para-hydroxylation sites is 1. The molecular formula is C17H17N3O3. The maximum atomic E-state index is 12.6. The van der Waals surface area contributed by atoms with Gasteiger partial charge in [-0.3, -0.25) is 14.4 Å². The average Bonchev–Trinajstić information content (AvgIpc) is 2.54. The highest BCUT2D eigenvalue weighted by Gasteiger charge is 2.33. The minimum atomic E-state index is -0.535. The SMILES string of the molecule is CN1C(=O)CC(C(=O)Nc2ccc(=O)n(C)c2)c2ccccc21. The molecule has 2 heterocycles. The lowest BCUT2D eigenvalue weighted by Crippen LogP contribution is -2.37. The van der Waals surface area contributed by atoms with E-state index in [4.69, 9.17) is 0 Å². The van der Waals surface area contributed by atoms with Crippen LogP contribution < -0.4 is 15.8 Å². The zero-order chi connectivity index (χ0) is 16.6. The Bertz CT molecular complexity index is 841. The summed E-state index contributed by atoms with van der Waals surface area (Å²) in [6.07, 6.45) is 1.69. The number of rotatable bonds is 2. The van der Waals surface area contributed by atoms with Gasteiger partial charge in [0.2, 0.25) is 17.4 Å². The minimum absolute atomic E-state index is 0.0932. The number of aryl methyl sites for hydroxylation is 1. The molecule has 0 bridgehead atoms. The van der Waals surface area contributed by atoms with Crippen LogP contribution in [-0.4, -0.2) is 23.4 Å². The van der Waals surface area contributed by atoms with Gasteiger partial charge >= 0.3 is 0 Å². The molecule has 23 heavy (non-hydrogen) atoms. The number of nitrogens with zero attached hydrogens (tertiary/aromatic N) is 2. The molecule has 0 saturated carbocycles. The van der Waals surface area contributed by atoms with Crippen molar-refractivity contribution in [3.8, 4) is 0 Å². The largest absolute Gasteiger partial charge is 0.324 e. The first-order chi connectivity index (χ1) is 11.0. The van der Waals surface area contributed by atoms with Crippen LogP contribution in [0.25, 0.3) is 0 Å². The summed E-state index contributed by atoms with van der Waals surface area (Å²) in [5.41, 5.74) is 1.96. The fourth-order valence-electron chi connectivity index (χ4n) is 2.77. The third-order valence-electron chi connectivity index (χ3n) is 4.10. The number of hydrogen-bond acceptors (Lipinski definition) is 3. The van der Waals surface area contributed by atoms with Gasteiger partial charge in [0.1, 0.15) is 0 Å². The number of benzene rings is 1. The number of aromatic nitrogens is 1. The number of hydrogen-bond donors (Lipinski definition) is 1. The van der Waals surface area contributed by atoms with E-state index in [1.54, 1.807) is 31.3 Å². The number of carbonyl (C=O) groups excluding carboxylic acids is 2. The van der Waals surface area contributed by atoms with Crippen LogP contribution >= 0.6 is 0 Å². The van der Waals surface area contributed by atoms with Crippen LogP contribution in [0.15, 0.2) is 47.4 Å². The van der Waals surface area contributed by atoms with Gasteiger partial charge in [0.25, 0.3) is 0 Å². The molecular weight excluding hydrogens is 294 g/mol. The van der Waals surface area contributed by atoms with Gasteiger partial charge in [-0.15, -0.1) is 0 Å². The molecule has 2 aromatic rings. The highest BCUT2D eigenvalue weighted by atomic mass is 16.2. The predicted octanol–water partition coefficient (Wildman–Crippen LogP) is 1.47. The molecule has 118 valence electrons. The van der Waals surface area contributed by atoms with E-state index in [1.165, 1.54) is 10.6 Å². The summed E-state index contributed by atoms with van der Waals surface area (Å²) in [4.78, 5) is 37.7. The molecule has 1 aliphatic heterocycles. The smallest absolute Gasteiger partial charge is 0.250 e. The predicted molar refractivity (Wildman–Crippen MR) is 87.5 cm³/mol. The first-order valence-electron chi connectivity index (χ1n) is 7.30. The second-order valence-corrected chi connectivity index (χ2v) is 5.62. The molecule has 2 amide bonds. The summed E-state index contributed by atoms with van der Waals surface area (Å²) in [6.45, 7) is 0. The van der Waals surface area contributed by atoms with Gasteiger partial charge in [-0.2, -0.15) is 0 Å². The van der Waals surface area contributed by atoms with Crippen molar-refractivity contribution >= 4 is 23.2 Å². The Labute approximate surface area is 133 Å². The maximum absolute atomic E-state index is 12.6. The van der Waals surface area contributed by atoms with Crippen molar-refractivity contribution in [2.24, 2.45) is 7.05 Å². The molecule has 1 aromatic heterocycles. The molecule has 0 spiro atoms. The molecule has 1 atom stereocenters. The van der Waals surface area contributed by atoms with Gasteiger partial charge < -0.3 is 14.8 Å². The first kappa shape index (κ1) is 15.0. The van der Waals surface area contributed by atoms with Crippen LogP contribution in [0.3, 0.4) is 0 Å². The summed E-state index contributed by atoms with van der Waals surface area (Å²) in [6, 6.07) is 10.3. The van der Waals surface area contributed by atoms with Crippen molar-refractivity contribution in [1.82, 2.24) is 4.57 Å². The van der Waals surface area contributed by atoms with Crippen LogP contribution in [-0.2, 0) is 16.6 Å². The number of pyridine rings is 1. The van der Waals surface area contributed by atoms with Crippen LogP contribution in [0.2, 0.25) is 0 Å². The van der Waals surface area contributed by atoms with Gasteiger partial charge in [-0.05, 0) is 17.7 Å². The molecule has 0 aliphatic carbocycles. The highest BCUT2D eigenvalue weighted by molar-refractivity contribution is 6.05. The summed E-state index contributed by atoms with van der Waals surface area (Å²) >= 11 is 0. The van der Waals surface area contributed by atoms with E-state index in [-0.39, 0.29) is 23.8 Å². The Balaban J connectivity index is 1.90. The summed E-state index contributed by atoms with van der Waals surface area (Å²) in [7, 11) is 3.33. The van der Waals surface area contributed by atoms with E-state index in [2.05, 4.69) is 5.32 Å². The Kier molecular flexibility index (Phi) is 3.73. The third kappa shape index (κ3) is 2.75. The lowest BCUT2D eigenvalue weighted by atomic mass is 9.89. The van der Waals surface area contributed by atoms with Crippen LogP contribution in [0.4, 0.5) is 11.4 Å². The van der Waals surface area contributed by atoms with Crippen LogP contribution in [0.1, 0.15) is 17.9 Å². The zero-order valence-electron chi connectivity index (χ0n) is 12.9. The number of anilines is 2. The first-order valence-corrected chi connectivity index (χ1v) is 7.30. The minimum Gasteiger partial charge on any atom is -0.324 e. The molecule has 6 heteroatoms. The Hall–Kier alpha value is -2.89. The second kappa shape index (κ2) is 5.72. The average molecular weight is 311 g/mol. The fourth-order valence-corrected chi connectivity index (χ4v) is 2.77. The van der Waals surface area contributed by atoms with E-state index in [0.29, 0.717) is 5.69 Å². The zero-order valence-corrected chi connectivity index (χ0v) is 12.9. The van der Waals surface area contributed by atoms with Crippen molar-refractivity contribution in [2.75, 3.05) is 17.3 Å². The monoisotopic (exact) mass is 311 g/mol. The van der Waals surface area contributed by atoms with E-state index >= 15 is 0 Å². The fraction of sp³-hybridized carbons (Fsp3) is 0.235. The van der Waals surface area contributed by atoms with E-state index in [1.807, 2.05) is 24.3 Å². The van der Waals surface area contributed by atoms with Crippen molar-refractivity contribution in [2.45, 2.75) is 12.3 Å². The number of nitrogens with one attached hydrogen (secondary N) is 1. The second-order valence-electron chi connectivity index (χ2n) is 5.62. The number of amides is 2. The van der Waals surface area contributed by atoms with Crippen LogP contribution in [0, 0.1) is 0 Å². The van der Waals surface area contributed by atoms with Gasteiger partial charge in [-0.1, -0.05) is 18.2 Å². The van der Waals surface area contributed by atoms with Crippen molar-refractivity contribution in [3.05, 3.63) is 58.5 Å². The molecule has 0 radical (unpaired) electrons. The Morgan fingerprint density at radius 2 is 1.87 bits per heavy atom. The van der Waals surface area contributed by atoms with E-state index in [9.17, 15) is 14.4 Å². The molecule has 1 N–H and O–H groups in total. The van der Waals surface area contributed by atoms with Crippen LogP contribution in [0.5, 0.6) is 0 Å². The van der Waals surface area contributed by atoms with Crippen molar-refractivity contribution in [3.63, 3.8) is 0 Å². The molecule has 3 rings (SSSR count). The molecule has 1 aromatic carbocycles. The molecule has 6 nitrogen and oxygen atoms in total. The highest BCUT2D eigenvalue weighted by Crippen LogP contribution is 2.35. The molecule has 1 aliphatic rings. The standard InChI is InChI=1S/C17H17N3O3/c1-19-10-11(7-8-15(19)21)18-17(23)13-9-16(22)20(2)14-6-4-3-5-12(13)14/h3-8,10,13H,9H2,1-2H3,(H,18,23). The lowest BCUT2D eigenvalue weighted by molar-refractivity contribution is -0.124. The van der Waals surface area contributed by atoms with Crippen molar-refractivity contribution < 1.29 is 9.59 Å². The summed E-state index contributed by atoms with van der Waals surface area (Å²) < 4.78 is 1.39. The third-order valence-corrected chi connectivity index (χ3v) is 4.10. The van der Waals surface area contributed by atoms with Gasteiger partial charge in [0.05, 0.1) is 11.6 Å².